The van der Waals surface area contributed by atoms with E-state index in [0.717, 1.165) is 22.6 Å². The standard InChI is InChI=1S/C23H26N2O4/c1-25(16-18-12-13-19(27-2)14-20(18)28-3)23(26)11-7-10-22-24-15-21(29-22)17-8-5-4-6-9-17/h4-6,8-9,12-15H,7,10-11,16H2,1-3H3. The van der Waals surface area contributed by atoms with Gasteiger partial charge in [0.2, 0.25) is 5.91 Å². The molecule has 0 bridgehead atoms. The average molecular weight is 394 g/mol. The topological polar surface area (TPSA) is 64.8 Å². The molecule has 0 saturated carbocycles. The second-order valence-corrected chi connectivity index (χ2v) is 6.77. The van der Waals surface area contributed by atoms with Crippen molar-refractivity contribution in [3.8, 4) is 22.8 Å². The van der Waals surface area contributed by atoms with Gasteiger partial charge in [-0.2, -0.15) is 0 Å². The molecule has 6 heteroatoms. The van der Waals surface area contributed by atoms with Crippen LogP contribution in [0.3, 0.4) is 0 Å². The maximum atomic E-state index is 12.5. The monoisotopic (exact) mass is 394 g/mol. The summed E-state index contributed by atoms with van der Waals surface area (Å²) in [5.74, 6) is 2.89. The highest BCUT2D eigenvalue weighted by Gasteiger charge is 2.14. The summed E-state index contributed by atoms with van der Waals surface area (Å²) in [4.78, 5) is 18.5. The molecule has 2 aromatic carbocycles. The van der Waals surface area contributed by atoms with Gasteiger partial charge in [-0.1, -0.05) is 30.3 Å². The van der Waals surface area contributed by atoms with Crippen molar-refractivity contribution in [2.24, 2.45) is 0 Å². The fourth-order valence-electron chi connectivity index (χ4n) is 3.07. The maximum Gasteiger partial charge on any atom is 0.222 e. The first-order valence-corrected chi connectivity index (χ1v) is 9.55. The maximum absolute atomic E-state index is 12.5. The zero-order chi connectivity index (χ0) is 20.6. The van der Waals surface area contributed by atoms with Crippen LogP contribution in [0.2, 0.25) is 0 Å². The molecule has 0 aliphatic rings. The average Bonchev–Trinajstić information content (AvgIpc) is 3.23. The van der Waals surface area contributed by atoms with E-state index < -0.39 is 0 Å². The summed E-state index contributed by atoms with van der Waals surface area (Å²) in [6.45, 7) is 0.475. The van der Waals surface area contributed by atoms with Crippen LogP contribution in [0.15, 0.2) is 59.1 Å². The highest BCUT2D eigenvalue weighted by molar-refractivity contribution is 5.76. The van der Waals surface area contributed by atoms with Gasteiger partial charge in [-0.25, -0.2) is 4.98 Å². The zero-order valence-corrected chi connectivity index (χ0v) is 17.1. The third kappa shape index (κ3) is 5.38. The Morgan fingerprint density at radius 2 is 1.90 bits per heavy atom. The molecule has 3 aromatic rings. The van der Waals surface area contributed by atoms with Crippen LogP contribution in [0, 0.1) is 0 Å². The van der Waals surface area contributed by atoms with Crippen molar-refractivity contribution in [3.05, 3.63) is 66.2 Å². The molecule has 0 saturated heterocycles. The van der Waals surface area contributed by atoms with Gasteiger partial charge in [0.15, 0.2) is 11.7 Å². The van der Waals surface area contributed by atoms with Crippen molar-refractivity contribution in [3.63, 3.8) is 0 Å². The second-order valence-electron chi connectivity index (χ2n) is 6.77. The van der Waals surface area contributed by atoms with Crippen LogP contribution in [-0.4, -0.2) is 37.1 Å². The van der Waals surface area contributed by atoms with Crippen LogP contribution in [0.5, 0.6) is 11.5 Å². The number of amides is 1. The van der Waals surface area contributed by atoms with Gasteiger partial charge in [0, 0.05) is 43.6 Å². The number of rotatable bonds is 9. The Bertz CT molecular complexity index is 937. The molecular weight excluding hydrogens is 368 g/mol. The molecular formula is C23H26N2O4. The lowest BCUT2D eigenvalue weighted by Gasteiger charge is -2.19. The number of benzene rings is 2. The molecule has 0 atom stereocenters. The summed E-state index contributed by atoms with van der Waals surface area (Å²) < 4.78 is 16.4. The largest absolute Gasteiger partial charge is 0.497 e. The third-order valence-corrected chi connectivity index (χ3v) is 4.72. The first kappa shape index (κ1) is 20.5. The molecule has 152 valence electrons. The van der Waals surface area contributed by atoms with Gasteiger partial charge in [0.05, 0.1) is 20.4 Å². The molecule has 1 aromatic heterocycles. The number of methoxy groups -OCH3 is 2. The van der Waals surface area contributed by atoms with Crippen LogP contribution >= 0.6 is 0 Å². The van der Waals surface area contributed by atoms with Gasteiger partial charge in [-0.05, 0) is 18.6 Å². The number of carbonyl (C=O) groups is 1. The second kappa shape index (κ2) is 9.78. The molecule has 29 heavy (non-hydrogen) atoms. The van der Waals surface area contributed by atoms with E-state index in [4.69, 9.17) is 13.9 Å². The first-order chi connectivity index (χ1) is 14.1. The van der Waals surface area contributed by atoms with Crippen molar-refractivity contribution in [2.45, 2.75) is 25.8 Å². The molecule has 1 amide bonds. The number of hydrogen-bond acceptors (Lipinski definition) is 5. The summed E-state index contributed by atoms with van der Waals surface area (Å²) in [5.41, 5.74) is 1.93. The molecule has 0 aliphatic carbocycles. The quantitative estimate of drug-likeness (QED) is 0.540. The molecule has 1 heterocycles. The highest BCUT2D eigenvalue weighted by Crippen LogP contribution is 2.26. The molecule has 3 rings (SSSR count). The van der Waals surface area contributed by atoms with E-state index >= 15 is 0 Å². The Hall–Kier alpha value is -3.28. The Morgan fingerprint density at radius 1 is 1.10 bits per heavy atom. The molecule has 0 radical (unpaired) electrons. The molecule has 6 nitrogen and oxygen atoms in total. The fourth-order valence-corrected chi connectivity index (χ4v) is 3.07. The first-order valence-electron chi connectivity index (χ1n) is 9.55. The Kier molecular flexibility index (Phi) is 6.89. The van der Waals surface area contributed by atoms with Crippen molar-refractivity contribution in [1.29, 1.82) is 0 Å². The summed E-state index contributed by atoms with van der Waals surface area (Å²) >= 11 is 0. The van der Waals surface area contributed by atoms with E-state index in [0.29, 0.717) is 37.4 Å². The molecule has 0 aliphatic heterocycles. The van der Waals surface area contributed by atoms with Crippen LogP contribution in [0.4, 0.5) is 0 Å². The number of ether oxygens (including phenoxy) is 2. The molecule has 0 N–H and O–H groups in total. The molecule has 0 fully saturated rings. The summed E-state index contributed by atoms with van der Waals surface area (Å²) in [5, 5.41) is 0. The van der Waals surface area contributed by atoms with Crippen molar-refractivity contribution < 1.29 is 18.7 Å². The fraction of sp³-hybridized carbons (Fsp3) is 0.304. The molecule has 0 unspecified atom stereocenters. The van der Waals surface area contributed by atoms with Crippen LogP contribution in [-0.2, 0) is 17.8 Å². The van der Waals surface area contributed by atoms with Gasteiger partial charge >= 0.3 is 0 Å². The number of hydrogen-bond donors (Lipinski definition) is 0. The van der Waals surface area contributed by atoms with Crippen LogP contribution in [0.25, 0.3) is 11.3 Å². The normalized spacial score (nSPS) is 10.6. The Balaban J connectivity index is 1.50. The van der Waals surface area contributed by atoms with Crippen LogP contribution in [0.1, 0.15) is 24.3 Å². The summed E-state index contributed by atoms with van der Waals surface area (Å²) in [7, 11) is 5.02. The van der Waals surface area contributed by atoms with Gasteiger partial charge in [-0.3, -0.25) is 4.79 Å². The predicted molar refractivity (Wildman–Crippen MR) is 111 cm³/mol. The summed E-state index contributed by atoms with van der Waals surface area (Å²) in [6, 6.07) is 15.5. The Morgan fingerprint density at radius 3 is 2.62 bits per heavy atom. The zero-order valence-electron chi connectivity index (χ0n) is 17.1. The minimum atomic E-state index is 0.0673. The third-order valence-electron chi connectivity index (χ3n) is 4.72. The van der Waals surface area contributed by atoms with Crippen molar-refractivity contribution in [1.82, 2.24) is 9.88 Å². The van der Waals surface area contributed by atoms with E-state index in [2.05, 4.69) is 4.98 Å². The lowest BCUT2D eigenvalue weighted by atomic mass is 10.1. The van der Waals surface area contributed by atoms with Gasteiger partial charge in [0.1, 0.15) is 11.5 Å². The van der Waals surface area contributed by atoms with Crippen molar-refractivity contribution >= 4 is 5.91 Å². The minimum Gasteiger partial charge on any atom is -0.497 e. The van der Waals surface area contributed by atoms with Gasteiger partial charge in [0.25, 0.3) is 0 Å². The smallest absolute Gasteiger partial charge is 0.222 e. The predicted octanol–water partition coefficient (Wildman–Crippen LogP) is 4.34. The lowest BCUT2D eigenvalue weighted by Crippen LogP contribution is -2.26. The highest BCUT2D eigenvalue weighted by atomic mass is 16.5. The molecule has 0 spiro atoms. The number of oxazole rings is 1. The van der Waals surface area contributed by atoms with E-state index in [1.165, 1.54) is 0 Å². The van der Waals surface area contributed by atoms with E-state index in [-0.39, 0.29) is 5.91 Å². The Labute approximate surface area is 171 Å². The lowest BCUT2D eigenvalue weighted by molar-refractivity contribution is -0.130. The van der Waals surface area contributed by atoms with Crippen molar-refractivity contribution in [2.75, 3.05) is 21.3 Å². The number of aryl methyl sites for hydroxylation is 1. The van der Waals surface area contributed by atoms with E-state index in [1.54, 1.807) is 32.4 Å². The number of nitrogens with zero attached hydrogens (tertiary/aromatic N) is 2. The number of carbonyl (C=O) groups excluding carboxylic acids is 1. The number of aromatic nitrogens is 1. The summed E-state index contributed by atoms with van der Waals surface area (Å²) in [6.07, 6.45) is 3.46. The SMILES string of the molecule is COc1ccc(CN(C)C(=O)CCCc2ncc(-c3ccccc3)o2)c(OC)c1. The minimum absolute atomic E-state index is 0.0673. The van der Waals surface area contributed by atoms with Gasteiger partial charge < -0.3 is 18.8 Å². The van der Waals surface area contributed by atoms with E-state index in [1.807, 2.05) is 48.5 Å². The van der Waals surface area contributed by atoms with Crippen LogP contribution < -0.4 is 9.47 Å². The van der Waals surface area contributed by atoms with E-state index in [9.17, 15) is 4.79 Å². The van der Waals surface area contributed by atoms with Gasteiger partial charge in [-0.15, -0.1) is 0 Å².